The first-order chi connectivity index (χ1) is 12.4. The predicted octanol–water partition coefficient (Wildman–Crippen LogP) is 0.972. The van der Waals surface area contributed by atoms with Crippen LogP contribution in [-0.2, 0) is 14.8 Å². The minimum Gasteiger partial charge on any atom is -0.482 e. The molecule has 3 N–H and O–H groups in total. The van der Waals surface area contributed by atoms with E-state index in [-0.39, 0.29) is 47.0 Å². The Kier molecular flexibility index (Phi) is 5.16. The van der Waals surface area contributed by atoms with Crippen LogP contribution < -0.4 is 20.1 Å². The zero-order chi connectivity index (χ0) is 18.7. The zero-order valence-corrected chi connectivity index (χ0v) is 14.8. The molecule has 1 aliphatic rings. The second-order valence-electron chi connectivity index (χ2n) is 5.25. The van der Waals surface area contributed by atoms with E-state index in [1.807, 2.05) is 0 Å². The third kappa shape index (κ3) is 3.98. The zero-order valence-electron chi connectivity index (χ0n) is 13.2. The molecule has 0 aliphatic carbocycles. The number of benzene rings is 1. The Morgan fingerprint density at radius 3 is 2.85 bits per heavy atom. The molecule has 0 fully saturated rings. The summed E-state index contributed by atoms with van der Waals surface area (Å²) in [5.74, 6) is -0.468. The Labute approximate surface area is 153 Å². The first-order valence-corrected chi connectivity index (χ1v) is 9.30. The summed E-state index contributed by atoms with van der Waals surface area (Å²) in [6.07, 6.45) is 1.36. The van der Waals surface area contributed by atoms with Crippen LogP contribution in [0.25, 0.3) is 0 Å². The molecule has 2 heterocycles. The minimum atomic E-state index is -3.94. The SMILES string of the molecule is O=C1COc2cc(S(=O)(=O)NCCNC(=O)c3ccco3)c(Cl)cc2N1. The number of carbonyl (C=O) groups is 2. The number of halogens is 1. The molecule has 0 saturated heterocycles. The number of carbonyl (C=O) groups excluding carboxylic acids is 2. The van der Waals surface area contributed by atoms with Crippen LogP contribution in [0.5, 0.6) is 5.75 Å². The van der Waals surface area contributed by atoms with Gasteiger partial charge in [-0.05, 0) is 18.2 Å². The third-order valence-corrected chi connectivity index (χ3v) is 5.33. The lowest BCUT2D eigenvalue weighted by Crippen LogP contribution is -2.34. The van der Waals surface area contributed by atoms with E-state index >= 15 is 0 Å². The fourth-order valence-electron chi connectivity index (χ4n) is 2.22. The highest BCUT2D eigenvalue weighted by Gasteiger charge is 2.24. The molecule has 9 nitrogen and oxygen atoms in total. The molecule has 0 bridgehead atoms. The van der Waals surface area contributed by atoms with E-state index in [1.54, 1.807) is 6.07 Å². The summed E-state index contributed by atoms with van der Waals surface area (Å²) in [4.78, 5) is 22.8. The average Bonchev–Trinajstić information content (AvgIpc) is 3.12. The second-order valence-corrected chi connectivity index (χ2v) is 7.39. The number of anilines is 1. The van der Waals surface area contributed by atoms with E-state index in [0.29, 0.717) is 5.69 Å². The molecular weight excluding hydrogens is 386 g/mol. The maximum Gasteiger partial charge on any atom is 0.287 e. The van der Waals surface area contributed by atoms with Crippen molar-refractivity contribution in [2.24, 2.45) is 0 Å². The smallest absolute Gasteiger partial charge is 0.287 e. The van der Waals surface area contributed by atoms with Gasteiger partial charge in [-0.3, -0.25) is 9.59 Å². The summed E-state index contributed by atoms with van der Waals surface area (Å²) in [7, 11) is -3.94. The molecule has 0 atom stereocenters. The fourth-order valence-corrected chi connectivity index (χ4v) is 3.79. The molecular formula is C15H14ClN3O6S. The molecule has 2 amide bonds. The van der Waals surface area contributed by atoms with Gasteiger partial charge in [-0.2, -0.15) is 0 Å². The number of amides is 2. The Balaban J connectivity index is 1.63. The van der Waals surface area contributed by atoms with Gasteiger partial charge in [0.1, 0.15) is 10.6 Å². The highest BCUT2D eigenvalue weighted by Crippen LogP contribution is 2.35. The van der Waals surface area contributed by atoms with E-state index in [2.05, 4.69) is 15.4 Å². The Morgan fingerprint density at radius 1 is 1.31 bits per heavy atom. The van der Waals surface area contributed by atoms with Crippen LogP contribution >= 0.6 is 11.6 Å². The molecule has 1 aliphatic heterocycles. The largest absolute Gasteiger partial charge is 0.482 e. The first kappa shape index (κ1) is 18.2. The Bertz CT molecular complexity index is 943. The number of furan rings is 1. The van der Waals surface area contributed by atoms with E-state index < -0.39 is 15.9 Å². The Hall–Kier alpha value is -2.56. The lowest BCUT2D eigenvalue weighted by Gasteiger charge is -2.19. The minimum absolute atomic E-state index is 0.0495. The van der Waals surface area contributed by atoms with Crippen molar-refractivity contribution in [3.8, 4) is 5.75 Å². The number of rotatable bonds is 6. The maximum absolute atomic E-state index is 12.4. The highest BCUT2D eigenvalue weighted by atomic mass is 35.5. The van der Waals surface area contributed by atoms with Gasteiger partial charge in [-0.1, -0.05) is 11.6 Å². The van der Waals surface area contributed by atoms with Gasteiger partial charge in [0.25, 0.3) is 11.8 Å². The van der Waals surface area contributed by atoms with Gasteiger partial charge < -0.3 is 19.8 Å². The lowest BCUT2D eigenvalue weighted by atomic mass is 10.2. The van der Waals surface area contributed by atoms with Gasteiger partial charge in [0.2, 0.25) is 10.0 Å². The summed E-state index contributed by atoms with van der Waals surface area (Å²) in [6.45, 7) is -0.214. The molecule has 2 aromatic rings. The van der Waals surface area contributed by atoms with Crippen molar-refractivity contribution in [2.75, 3.05) is 25.0 Å². The molecule has 0 radical (unpaired) electrons. The number of nitrogens with one attached hydrogen (secondary N) is 3. The van der Waals surface area contributed by atoms with E-state index in [1.165, 1.54) is 24.5 Å². The maximum atomic E-state index is 12.4. The monoisotopic (exact) mass is 399 g/mol. The fraction of sp³-hybridized carbons (Fsp3) is 0.200. The van der Waals surface area contributed by atoms with Crippen molar-refractivity contribution in [1.82, 2.24) is 10.0 Å². The van der Waals surface area contributed by atoms with Crippen LogP contribution in [-0.4, -0.2) is 39.9 Å². The number of fused-ring (bicyclic) bond motifs is 1. The quantitative estimate of drug-likeness (QED) is 0.621. The number of ether oxygens (including phenoxy) is 1. The van der Waals surface area contributed by atoms with Gasteiger partial charge in [0.15, 0.2) is 12.4 Å². The van der Waals surface area contributed by atoms with Crippen LogP contribution in [0.15, 0.2) is 39.8 Å². The lowest BCUT2D eigenvalue weighted by molar-refractivity contribution is -0.118. The standard InChI is InChI=1S/C15H14ClN3O6S/c16-9-6-10-12(25-8-14(20)19-10)7-13(9)26(22,23)18-4-3-17-15(21)11-2-1-5-24-11/h1-2,5-7,18H,3-4,8H2,(H,17,21)(H,19,20). The van der Waals surface area contributed by atoms with E-state index in [0.717, 1.165) is 0 Å². The van der Waals surface area contributed by atoms with E-state index in [4.69, 9.17) is 20.8 Å². The normalized spacial score (nSPS) is 13.5. The molecule has 0 unspecified atom stereocenters. The van der Waals surface area contributed by atoms with Crippen molar-refractivity contribution < 1.29 is 27.2 Å². The van der Waals surface area contributed by atoms with Crippen LogP contribution in [0, 0.1) is 0 Å². The Morgan fingerprint density at radius 2 is 2.12 bits per heavy atom. The van der Waals surface area contributed by atoms with Crippen molar-refractivity contribution in [2.45, 2.75) is 4.90 Å². The predicted molar refractivity (Wildman–Crippen MR) is 91.8 cm³/mol. The topological polar surface area (TPSA) is 127 Å². The van der Waals surface area contributed by atoms with Gasteiger partial charge in [-0.25, -0.2) is 13.1 Å². The van der Waals surface area contributed by atoms with Gasteiger partial charge in [0.05, 0.1) is 17.0 Å². The van der Waals surface area contributed by atoms with Gasteiger partial charge in [0, 0.05) is 19.2 Å². The van der Waals surface area contributed by atoms with Crippen molar-refractivity contribution in [1.29, 1.82) is 0 Å². The second kappa shape index (κ2) is 7.36. The van der Waals surface area contributed by atoms with Gasteiger partial charge >= 0.3 is 0 Å². The molecule has 0 spiro atoms. The summed E-state index contributed by atoms with van der Waals surface area (Å²) in [5, 5.41) is 4.98. The molecule has 1 aromatic heterocycles. The summed E-state index contributed by atoms with van der Waals surface area (Å²) in [5.41, 5.74) is 0.302. The molecule has 0 saturated carbocycles. The first-order valence-electron chi connectivity index (χ1n) is 7.44. The average molecular weight is 400 g/mol. The van der Waals surface area contributed by atoms with Crippen molar-refractivity contribution >= 4 is 39.1 Å². The van der Waals surface area contributed by atoms with Gasteiger partial charge in [-0.15, -0.1) is 0 Å². The van der Waals surface area contributed by atoms with Crippen LogP contribution in [0.3, 0.4) is 0 Å². The summed E-state index contributed by atoms with van der Waals surface area (Å²) in [6, 6.07) is 5.60. The summed E-state index contributed by atoms with van der Waals surface area (Å²) >= 11 is 6.02. The highest BCUT2D eigenvalue weighted by molar-refractivity contribution is 7.89. The number of hydrogen-bond acceptors (Lipinski definition) is 6. The van der Waals surface area contributed by atoms with Crippen LogP contribution in [0.2, 0.25) is 5.02 Å². The van der Waals surface area contributed by atoms with E-state index in [9.17, 15) is 18.0 Å². The number of sulfonamides is 1. The molecule has 11 heteroatoms. The van der Waals surface area contributed by atoms with Crippen molar-refractivity contribution in [3.63, 3.8) is 0 Å². The molecule has 26 heavy (non-hydrogen) atoms. The van der Waals surface area contributed by atoms with Crippen molar-refractivity contribution in [3.05, 3.63) is 41.3 Å². The van der Waals surface area contributed by atoms with Crippen LogP contribution in [0.1, 0.15) is 10.6 Å². The molecule has 3 rings (SSSR count). The summed E-state index contributed by atoms with van der Waals surface area (Å²) < 4.78 is 37.3. The third-order valence-electron chi connectivity index (χ3n) is 3.40. The van der Waals surface area contributed by atoms with Crippen LogP contribution in [0.4, 0.5) is 5.69 Å². The molecule has 138 valence electrons. The number of hydrogen-bond donors (Lipinski definition) is 3. The molecule has 1 aromatic carbocycles.